The first kappa shape index (κ1) is 76.1. The van der Waals surface area contributed by atoms with Gasteiger partial charge < -0.3 is 24.3 Å². The topological polar surface area (TPSA) is 104 Å². The van der Waals surface area contributed by atoms with Gasteiger partial charge in [0.25, 0.3) is 0 Å². The fourth-order valence-electron chi connectivity index (χ4n) is 8.89. The number of thiazole rings is 1. The number of ether oxygens (including phenoxy) is 4. The highest BCUT2D eigenvalue weighted by molar-refractivity contribution is 8.15. The normalized spacial score (nSPS) is 15.2. The molecule has 0 bridgehead atoms. The minimum absolute atomic E-state index is 0.170. The zero-order valence-electron chi connectivity index (χ0n) is 59.0. The monoisotopic (exact) mass is 1320 g/mol. The van der Waals surface area contributed by atoms with Crippen molar-refractivity contribution in [1.29, 1.82) is 0 Å². The van der Waals surface area contributed by atoms with Gasteiger partial charge in [0.05, 0.1) is 38.2 Å². The lowest BCUT2D eigenvalue weighted by Crippen LogP contribution is -2.20. The molecule has 2 atom stereocenters. The number of anilines is 1. The predicted molar refractivity (Wildman–Crippen MR) is 405 cm³/mol. The second-order valence-corrected chi connectivity index (χ2v) is 32.3. The van der Waals surface area contributed by atoms with Gasteiger partial charge in [0.15, 0.2) is 23.0 Å². The van der Waals surface area contributed by atoms with Crippen LogP contribution >= 0.6 is 46.2 Å². The van der Waals surface area contributed by atoms with E-state index in [1.807, 2.05) is 130 Å². The van der Waals surface area contributed by atoms with E-state index >= 15 is 0 Å². The van der Waals surface area contributed by atoms with Gasteiger partial charge in [0.1, 0.15) is 23.4 Å². The molecule has 5 aliphatic heterocycles. The van der Waals surface area contributed by atoms with Crippen LogP contribution in [0.5, 0.6) is 23.0 Å². The van der Waals surface area contributed by atoms with Crippen LogP contribution in [0.15, 0.2) is 173 Å². The SMILES string of the molecule is C1=Cc2ccccc2NC1.CC(C)(C)C1=CSC2N=CSC12.CC(C)(C)c1cccc2ncsc12.CC(C)(C)c1cnn2ccccc12.CC(C)(C)c1csc2ncccc12.CC(C)C.CC(C)C.CC(C)C.c1ccc2c(c1)OCCO2.c1ccc2c(c1)OCO2. The van der Waals surface area contributed by atoms with Crippen molar-refractivity contribution in [1.82, 2.24) is 19.6 Å². The molecule has 9 aromatic rings. The van der Waals surface area contributed by atoms with Crippen LogP contribution < -0.4 is 24.3 Å². The number of nitrogens with one attached hydrogen (secondary N) is 1. The summed E-state index contributed by atoms with van der Waals surface area (Å²) < 4.78 is 24.0. The molecule has 0 amide bonds. The maximum Gasteiger partial charge on any atom is 0.231 e. The predicted octanol–water partition coefficient (Wildman–Crippen LogP) is 22.9. The Balaban J connectivity index is 0.000000190. The molecule has 4 aromatic carbocycles. The fourth-order valence-corrected chi connectivity index (χ4v) is 13.9. The molecule has 0 fully saturated rings. The molecular weight excluding hydrogens is 1210 g/mol. The van der Waals surface area contributed by atoms with E-state index in [0.717, 1.165) is 57.6 Å². The number of thiophene rings is 1. The van der Waals surface area contributed by atoms with Gasteiger partial charge in [-0.05, 0) is 127 Å². The second kappa shape index (κ2) is 36.8. The smallest absolute Gasteiger partial charge is 0.231 e. The number of aliphatic imine (C=N–C) groups is 1. The number of fused-ring (bicyclic) bond motifs is 7. The summed E-state index contributed by atoms with van der Waals surface area (Å²) in [5, 5.41) is 14.5. The van der Waals surface area contributed by atoms with Crippen molar-refractivity contribution in [2.45, 2.75) is 172 Å². The largest absolute Gasteiger partial charge is 0.486 e. The van der Waals surface area contributed by atoms with E-state index in [1.54, 1.807) is 28.2 Å². The average Bonchev–Trinajstić information content (AvgIpc) is 1.67. The van der Waals surface area contributed by atoms with Gasteiger partial charge >= 0.3 is 0 Å². The molecule has 1 N–H and O–H groups in total. The Bertz CT molecular complexity index is 3540. The first-order valence-corrected chi connectivity index (χ1v) is 35.9. The first-order valence-electron chi connectivity index (χ1n) is 32.3. The van der Waals surface area contributed by atoms with Gasteiger partial charge in [0.2, 0.25) is 6.79 Å². The van der Waals surface area contributed by atoms with Gasteiger partial charge in [-0.25, -0.2) is 14.5 Å². The molecule has 2 unspecified atom stereocenters. The summed E-state index contributed by atoms with van der Waals surface area (Å²) in [5.74, 6) is 5.90. The van der Waals surface area contributed by atoms with Crippen LogP contribution in [0.4, 0.5) is 5.69 Å². The Hall–Kier alpha value is -6.58. The van der Waals surface area contributed by atoms with Crippen molar-refractivity contribution in [2.75, 3.05) is 31.9 Å². The van der Waals surface area contributed by atoms with E-state index in [-0.39, 0.29) is 16.2 Å². The summed E-state index contributed by atoms with van der Waals surface area (Å²) >= 11 is 7.19. The lowest BCUT2D eigenvalue weighted by atomic mass is 9.85. The van der Waals surface area contributed by atoms with E-state index in [2.05, 4.69) is 242 Å². The zero-order chi connectivity index (χ0) is 67.7. The van der Waals surface area contributed by atoms with Gasteiger partial charge in [-0.1, -0.05) is 224 Å². The summed E-state index contributed by atoms with van der Waals surface area (Å²) in [6.45, 7) is 49.0. The molecule has 496 valence electrons. The van der Waals surface area contributed by atoms with Crippen molar-refractivity contribution >= 4 is 89.5 Å². The maximum atomic E-state index is 5.30. The van der Waals surface area contributed by atoms with Crippen molar-refractivity contribution in [2.24, 2.45) is 28.2 Å². The maximum absolute atomic E-state index is 5.30. The first-order chi connectivity index (χ1) is 43.4. The number of thioether (sulfide) groups is 2. The van der Waals surface area contributed by atoms with Crippen molar-refractivity contribution < 1.29 is 18.9 Å². The molecule has 10 heterocycles. The molecule has 0 saturated carbocycles. The van der Waals surface area contributed by atoms with Crippen LogP contribution in [0.25, 0.3) is 32.0 Å². The molecule has 5 aliphatic rings. The average molecular weight is 1320 g/mol. The minimum Gasteiger partial charge on any atom is -0.486 e. The van der Waals surface area contributed by atoms with Gasteiger partial charge in [-0.3, -0.25) is 4.99 Å². The summed E-state index contributed by atoms with van der Waals surface area (Å²) in [6, 6.07) is 40.3. The van der Waals surface area contributed by atoms with Gasteiger partial charge in [0, 0.05) is 35.6 Å². The third kappa shape index (κ3) is 25.4. The highest BCUT2D eigenvalue weighted by atomic mass is 32.2. The standard InChI is InChI=1S/C11H14N2.2C11H13NS.C9H13NS2.C9H9N.C8H8O2.C7H6O2.3C4H10/c1-11(2,3)9-8-12-13-7-5-4-6-10(9)13;1-11(2,3)9-7-13-10-8(9)5-4-6-12-10;1-11(2,3)8-5-4-6-9-10(8)13-7-12-9;1-9(2,3)6-4-11-8-7(6)12-5-10-8;1-2-6-9-8(4-1)5-3-7-10-9;1-2-4-8-7(3-1)9-5-6-10-8;1-2-4-7-6(3-1)8-5-9-7;3*1-4(2)3/h4-8H,1-3H3;2*4-7H,1-3H3;4-5,7-8H,1-3H3;1-6,10H,7H2;1-4H,5-6H2;1-4H,5H2;3*4H,1-3H3. The number of rotatable bonds is 0. The van der Waals surface area contributed by atoms with Crippen molar-refractivity contribution in [3.05, 3.63) is 190 Å². The number of hydrogen-bond donors (Lipinski definition) is 1. The molecule has 0 aliphatic carbocycles. The number of aromatic nitrogens is 4. The third-order valence-electron chi connectivity index (χ3n) is 13.1. The van der Waals surface area contributed by atoms with E-state index in [9.17, 15) is 0 Å². The van der Waals surface area contributed by atoms with Crippen LogP contribution in [-0.4, -0.2) is 62.3 Å². The molecule has 10 nitrogen and oxygen atoms in total. The Morgan fingerprint density at radius 2 is 1.10 bits per heavy atom. The van der Waals surface area contributed by atoms with Crippen LogP contribution in [0.3, 0.4) is 0 Å². The highest BCUT2D eigenvalue weighted by Gasteiger charge is 2.38. The van der Waals surface area contributed by atoms with Crippen LogP contribution in [-0.2, 0) is 16.2 Å². The zero-order valence-corrected chi connectivity index (χ0v) is 62.2. The van der Waals surface area contributed by atoms with Gasteiger partial charge in [-0.15, -0.1) is 46.2 Å². The number of nitrogens with zero attached hydrogens (tertiary/aromatic N) is 5. The van der Waals surface area contributed by atoms with E-state index in [4.69, 9.17) is 18.9 Å². The number of hydrogen-bond acceptors (Lipinski definition) is 13. The molecular formula is C78H106N6O4S4. The van der Waals surface area contributed by atoms with Crippen LogP contribution in [0.2, 0.25) is 0 Å². The number of benzene rings is 4. The van der Waals surface area contributed by atoms with Crippen molar-refractivity contribution in [3.63, 3.8) is 0 Å². The molecule has 14 heteroatoms. The number of pyridine rings is 2. The number of para-hydroxylation sites is 5. The summed E-state index contributed by atoms with van der Waals surface area (Å²) in [4.78, 5) is 14.2. The summed E-state index contributed by atoms with van der Waals surface area (Å²) in [5.41, 5.74) is 15.3. The Kier molecular flexibility index (Phi) is 30.4. The lowest BCUT2D eigenvalue weighted by molar-refractivity contribution is 0.171. The Morgan fingerprint density at radius 1 is 0.543 bits per heavy atom. The molecule has 92 heavy (non-hydrogen) atoms. The molecule has 14 rings (SSSR count). The molecule has 0 saturated heterocycles. The summed E-state index contributed by atoms with van der Waals surface area (Å²) in [6.07, 6.45) is 10.1. The van der Waals surface area contributed by atoms with Crippen molar-refractivity contribution in [3.8, 4) is 23.0 Å². The Morgan fingerprint density at radius 3 is 1.66 bits per heavy atom. The van der Waals surface area contributed by atoms with Crippen LogP contribution in [0, 0.1) is 23.2 Å². The molecule has 0 spiro atoms. The summed E-state index contributed by atoms with van der Waals surface area (Å²) in [7, 11) is 0. The van der Waals surface area contributed by atoms with Crippen LogP contribution in [0.1, 0.15) is 168 Å². The molecule has 5 aromatic heterocycles. The molecule has 0 radical (unpaired) electrons. The lowest BCUT2D eigenvalue weighted by Gasteiger charge is -2.24. The van der Waals surface area contributed by atoms with E-state index in [1.165, 1.54) is 43.5 Å². The fraction of sp³-hybridized carbons (Fsp3) is 0.436. The van der Waals surface area contributed by atoms with E-state index in [0.29, 0.717) is 36.0 Å². The van der Waals surface area contributed by atoms with Gasteiger partial charge in [-0.2, -0.15) is 5.10 Å². The minimum atomic E-state index is 0.170. The highest BCUT2D eigenvalue weighted by Crippen LogP contribution is 2.48. The quantitative estimate of drug-likeness (QED) is 0.158. The second-order valence-electron chi connectivity index (χ2n) is 28.6. The Labute approximate surface area is 569 Å². The van der Waals surface area contributed by atoms with E-state index < -0.39 is 0 Å². The third-order valence-corrected chi connectivity index (χ3v) is 17.2.